The second kappa shape index (κ2) is 15.8. The third kappa shape index (κ3) is 9.83. The van der Waals surface area contributed by atoms with Crippen molar-refractivity contribution in [1.29, 1.82) is 0 Å². The first-order valence-electron chi connectivity index (χ1n) is 14.6. The first-order chi connectivity index (χ1) is 22.4. The molecule has 1 fully saturated rings. The monoisotopic (exact) mass is 671 g/mol. The SMILES string of the molecule is O=C(CCNC(=O)[C@@H]1CCCN1C(=O)[C@H](Cc1ccccc1)NC(=O)NS(=O)(=O)c1ccc(F)cc1)N[C@@H](Cc1cnc[nH]1)C(=O)O. The van der Waals surface area contributed by atoms with E-state index in [4.69, 9.17) is 0 Å². The van der Waals surface area contributed by atoms with Gasteiger partial charge in [0.25, 0.3) is 10.0 Å². The van der Waals surface area contributed by atoms with Crippen molar-refractivity contribution in [3.8, 4) is 0 Å². The molecular formula is C30H34FN7O8S. The zero-order valence-electron chi connectivity index (χ0n) is 25.0. The summed E-state index contributed by atoms with van der Waals surface area (Å²) in [6.07, 6.45) is 3.36. The van der Waals surface area contributed by atoms with Gasteiger partial charge in [-0.05, 0) is 42.7 Å². The van der Waals surface area contributed by atoms with Crippen LogP contribution in [0.5, 0.6) is 0 Å². The van der Waals surface area contributed by atoms with E-state index in [1.165, 1.54) is 17.4 Å². The van der Waals surface area contributed by atoms with Gasteiger partial charge in [0.05, 0.1) is 11.2 Å². The van der Waals surface area contributed by atoms with Crippen LogP contribution in [0.1, 0.15) is 30.5 Å². The van der Waals surface area contributed by atoms with Gasteiger partial charge in [-0.1, -0.05) is 30.3 Å². The number of hydrogen-bond acceptors (Lipinski definition) is 8. The molecule has 6 N–H and O–H groups in total. The van der Waals surface area contributed by atoms with Crippen LogP contribution < -0.4 is 20.7 Å². The molecule has 0 radical (unpaired) electrons. The van der Waals surface area contributed by atoms with E-state index in [2.05, 4.69) is 25.9 Å². The average molecular weight is 672 g/mol. The van der Waals surface area contributed by atoms with E-state index >= 15 is 0 Å². The summed E-state index contributed by atoms with van der Waals surface area (Å²) in [5.41, 5.74) is 1.18. The number of carboxylic acids is 1. The number of carboxylic acid groups (broad SMARTS) is 1. The lowest BCUT2D eigenvalue weighted by Gasteiger charge is -2.29. The molecular weight excluding hydrogens is 637 g/mol. The number of nitrogens with one attached hydrogen (secondary N) is 5. The van der Waals surface area contributed by atoms with Crippen LogP contribution in [0.4, 0.5) is 9.18 Å². The topological polar surface area (TPSA) is 220 Å². The van der Waals surface area contributed by atoms with Gasteiger partial charge in [0, 0.05) is 44.2 Å². The van der Waals surface area contributed by atoms with Gasteiger partial charge in [0.15, 0.2) is 0 Å². The van der Waals surface area contributed by atoms with E-state index in [1.54, 1.807) is 30.3 Å². The number of H-pyrrole nitrogens is 1. The highest BCUT2D eigenvalue weighted by molar-refractivity contribution is 7.90. The fourth-order valence-electron chi connectivity index (χ4n) is 5.04. The average Bonchev–Trinajstić information content (AvgIpc) is 3.73. The molecule has 2 heterocycles. The van der Waals surface area contributed by atoms with Crippen LogP contribution in [-0.4, -0.2) is 89.3 Å². The molecule has 0 saturated carbocycles. The van der Waals surface area contributed by atoms with Crippen LogP contribution in [0, 0.1) is 5.82 Å². The molecule has 3 aromatic rings. The van der Waals surface area contributed by atoms with Crippen LogP contribution >= 0.6 is 0 Å². The first-order valence-corrected chi connectivity index (χ1v) is 16.1. The summed E-state index contributed by atoms with van der Waals surface area (Å²) in [5.74, 6) is -3.68. The predicted octanol–water partition coefficient (Wildman–Crippen LogP) is 0.457. The van der Waals surface area contributed by atoms with Crippen molar-refractivity contribution in [2.24, 2.45) is 0 Å². The van der Waals surface area contributed by atoms with Crippen molar-refractivity contribution >= 4 is 39.7 Å². The summed E-state index contributed by atoms with van der Waals surface area (Å²) in [4.78, 5) is 71.2. The maximum absolute atomic E-state index is 13.8. The maximum atomic E-state index is 13.8. The van der Waals surface area contributed by atoms with E-state index in [1.807, 2.05) is 4.72 Å². The molecule has 15 nitrogen and oxygen atoms in total. The summed E-state index contributed by atoms with van der Waals surface area (Å²) in [6, 6.07) is 7.90. The van der Waals surface area contributed by atoms with Crippen molar-refractivity contribution in [2.75, 3.05) is 13.1 Å². The molecule has 0 bridgehead atoms. The van der Waals surface area contributed by atoms with Crippen molar-refractivity contribution in [2.45, 2.75) is 55.1 Å². The van der Waals surface area contributed by atoms with E-state index in [-0.39, 0.29) is 37.2 Å². The third-order valence-corrected chi connectivity index (χ3v) is 8.69. The fraction of sp³-hybridized carbons (Fsp3) is 0.333. The number of rotatable bonds is 14. The third-order valence-electron chi connectivity index (χ3n) is 7.34. The standard InChI is InChI=1S/C30H34FN7O8S/c31-20-8-10-22(11-9-20)47(45,46)37-30(44)36-23(15-19-5-2-1-3-6-19)28(41)38-14-4-7-25(38)27(40)33-13-12-26(39)35-24(29(42)43)16-21-17-32-18-34-21/h1-3,5-6,8-11,17-18,23-25H,4,7,12-16H2,(H,32,34)(H,33,40)(H,35,39)(H,42,43)(H2,36,37,44)/t23-,24-,25-/m0/s1. The number of benzene rings is 2. The molecule has 1 saturated heterocycles. The summed E-state index contributed by atoms with van der Waals surface area (Å²) >= 11 is 0. The highest BCUT2D eigenvalue weighted by Crippen LogP contribution is 2.20. The Bertz CT molecular complexity index is 1670. The zero-order chi connectivity index (χ0) is 34.0. The lowest BCUT2D eigenvalue weighted by molar-refractivity contribution is -0.141. The number of carbonyl (C=O) groups is 5. The number of imidazole rings is 1. The molecule has 5 amide bonds. The van der Waals surface area contributed by atoms with Gasteiger partial charge in [0.1, 0.15) is 23.9 Å². The molecule has 1 aliphatic heterocycles. The minimum atomic E-state index is -4.39. The van der Waals surface area contributed by atoms with E-state index < -0.39 is 63.7 Å². The molecule has 4 rings (SSSR count). The number of nitrogens with zero attached hydrogens (tertiary/aromatic N) is 2. The van der Waals surface area contributed by atoms with E-state index in [0.717, 1.165) is 24.3 Å². The van der Waals surface area contributed by atoms with Crippen molar-refractivity contribution in [3.63, 3.8) is 0 Å². The Hall–Kier alpha value is -5.32. The number of urea groups is 1. The second-order valence-corrected chi connectivity index (χ2v) is 12.4. The first kappa shape index (κ1) is 34.6. The van der Waals surface area contributed by atoms with Gasteiger partial charge >= 0.3 is 12.0 Å². The summed E-state index contributed by atoms with van der Waals surface area (Å²) in [7, 11) is -4.39. The van der Waals surface area contributed by atoms with Gasteiger partial charge in [-0.3, -0.25) is 14.4 Å². The Morgan fingerprint density at radius 3 is 2.38 bits per heavy atom. The van der Waals surface area contributed by atoms with Crippen LogP contribution in [0.15, 0.2) is 72.0 Å². The lowest BCUT2D eigenvalue weighted by Crippen LogP contribution is -2.56. The molecule has 47 heavy (non-hydrogen) atoms. The maximum Gasteiger partial charge on any atom is 0.329 e. The molecule has 17 heteroatoms. The molecule has 0 aliphatic carbocycles. The highest BCUT2D eigenvalue weighted by atomic mass is 32.2. The van der Waals surface area contributed by atoms with Crippen LogP contribution in [0.2, 0.25) is 0 Å². The van der Waals surface area contributed by atoms with Gasteiger partial charge < -0.3 is 30.9 Å². The van der Waals surface area contributed by atoms with E-state index in [9.17, 15) is 41.9 Å². The number of carbonyl (C=O) groups excluding carboxylic acids is 4. The number of hydrogen-bond donors (Lipinski definition) is 6. The van der Waals surface area contributed by atoms with Crippen molar-refractivity contribution in [3.05, 3.63) is 84.2 Å². The Labute approximate surface area is 269 Å². The predicted molar refractivity (Wildman–Crippen MR) is 163 cm³/mol. The molecule has 250 valence electrons. The zero-order valence-corrected chi connectivity index (χ0v) is 25.8. The molecule has 2 aromatic carbocycles. The number of sulfonamides is 1. The second-order valence-electron chi connectivity index (χ2n) is 10.7. The number of likely N-dealkylation sites (tertiary alicyclic amines) is 1. The Morgan fingerprint density at radius 1 is 1.00 bits per heavy atom. The summed E-state index contributed by atoms with van der Waals surface area (Å²) in [5, 5.41) is 16.9. The summed E-state index contributed by atoms with van der Waals surface area (Å²) in [6.45, 7) is 0.0582. The highest BCUT2D eigenvalue weighted by Gasteiger charge is 2.38. The molecule has 1 aromatic heterocycles. The number of halogens is 1. The Balaban J connectivity index is 1.37. The minimum Gasteiger partial charge on any atom is -0.480 e. The largest absolute Gasteiger partial charge is 0.480 e. The van der Waals surface area contributed by atoms with Crippen molar-refractivity contribution in [1.82, 2.24) is 35.5 Å². The quantitative estimate of drug-likeness (QED) is 0.140. The van der Waals surface area contributed by atoms with Gasteiger partial charge in [-0.25, -0.2) is 32.1 Å². The van der Waals surface area contributed by atoms with Crippen LogP contribution in [0.25, 0.3) is 0 Å². The molecule has 3 atom stereocenters. The van der Waals surface area contributed by atoms with E-state index in [0.29, 0.717) is 24.1 Å². The van der Waals surface area contributed by atoms with Crippen LogP contribution in [-0.2, 0) is 42.0 Å². The number of aromatic nitrogens is 2. The van der Waals surface area contributed by atoms with Gasteiger partial charge in [0.2, 0.25) is 17.7 Å². The fourth-order valence-corrected chi connectivity index (χ4v) is 5.95. The normalized spacial score (nSPS) is 15.7. The molecule has 0 unspecified atom stereocenters. The number of aliphatic carboxylic acids is 1. The number of aromatic amines is 1. The molecule has 0 spiro atoms. The van der Waals surface area contributed by atoms with Gasteiger partial charge in [-0.15, -0.1) is 0 Å². The number of amides is 5. The van der Waals surface area contributed by atoms with Crippen molar-refractivity contribution < 1.29 is 41.9 Å². The lowest BCUT2D eigenvalue weighted by atomic mass is 10.0. The molecule has 1 aliphatic rings. The van der Waals surface area contributed by atoms with Gasteiger partial charge in [-0.2, -0.15) is 0 Å². The smallest absolute Gasteiger partial charge is 0.329 e. The van der Waals surface area contributed by atoms with Crippen LogP contribution in [0.3, 0.4) is 0 Å². The Kier molecular flexibility index (Phi) is 11.6. The Morgan fingerprint density at radius 2 is 1.72 bits per heavy atom. The summed E-state index contributed by atoms with van der Waals surface area (Å²) < 4.78 is 40.4. The minimum absolute atomic E-state index is 0.0129.